The monoisotopic (exact) mass is 344 g/mol. The Hall–Kier alpha value is -2.12. The van der Waals surface area contributed by atoms with Gasteiger partial charge in [0.05, 0.1) is 16.3 Å². The lowest BCUT2D eigenvalue weighted by molar-refractivity contribution is 0.222. The highest BCUT2D eigenvalue weighted by molar-refractivity contribution is 7.92. The molecule has 1 fully saturated rings. The first-order valence-corrected chi connectivity index (χ1v) is 9.69. The van der Waals surface area contributed by atoms with E-state index in [-0.39, 0.29) is 5.25 Å². The Morgan fingerprint density at radius 1 is 1.17 bits per heavy atom. The van der Waals surface area contributed by atoms with Crippen molar-refractivity contribution in [1.29, 1.82) is 0 Å². The molecule has 0 amide bonds. The van der Waals surface area contributed by atoms with E-state index in [0.717, 1.165) is 36.1 Å². The molecule has 0 bridgehead atoms. The number of rotatable bonds is 4. The van der Waals surface area contributed by atoms with Gasteiger partial charge >= 0.3 is 0 Å². The molecule has 0 radical (unpaired) electrons. The Kier molecular flexibility index (Phi) is 3.90. The van der Waals surface area contributed by atoms with Crippen LogP contribution in [0.15, 0.2) is 47.8 Å². The summed E-state index contributed by atoms with van der Waals surface area (Å²) in [5, 5.41) is 7.25. The highest BCUT2D eigenvalue weighted by Crippen LogP contribution is 2.30. The second-order valence-electron chi connectivity index (χ2n) is 6.33. The van der Waals surface area contributed by atoms with Crippen molar-refractivity contribution in [3.8, 4) is 0 Å². The van der Waals surface area contributed by atoms with Crippen LogP contribution in [0, 0.1) is 0 Å². The number of piperidine rings is 1. The number of para-hydroxylation sites is 1. The third-order valence-corrected chi connectivity index (χ3v) is 7.09. The van der Waals surface area contributed by atoms with E-state index in [1.807, 2.05) is 36.7 Å². The Labute approximate surface area is 140 Å². The molecule has 7 heteroatoms. The number of nitrogens with zero attached hydrogens (tertiary/aromatic N) is 2. The molecule has 3 aromatic rings. The zero-order valence-corrected chi connectivity index (χ0v) is 14.1. The molecule has 24 heavy (non-hydrogen) atoms. The Morgan fingerprint density at radius 3 is 2.71 bits per heavy atom. The molecule has 0 atom stereocenters. The standard InChI is InChI=1S/C17H20N4O2S/c22-24(23,17-11-18-16-4-2-1-3-15(16)17)14-5-7-21(8-6-14)12-13-9-19-20-10-13/h1-4,9-11,14,18H,5-8,12H2,(H,19,20). The zero-order valence-electron chi connectivity index (χ0n) is 13.3. The summed E-state index contributed by atoms with van der Waals surface area (Å²) >= 11 is 0. The topological polar surface area (TPSA) is 81.8 Å². The highest BCUT2D eigenvalue weighted by atomic mass is 32.2. The van der Waals surface area contributed by atoms with Crippen molar-refractivity contribution >= 4 is 20.7 Å². The van der Waals surface area contributed by atoms with Crippen molar-refractivity contribution < 1.29 is 8.42 Å². The Morgan fingerprint density at radius 2 is 1.96 bits per heavy atom. The SMILES string of the molecule is O=S(=O)(c1c[nH]c2ccccc12)C1CCN(Cc2cn[nH]c2)CC1. The molecular formula is C17H20N4O2S. The molecule has 1 saturated heterocycles. The molecule has 4 rings (SSSR count). The van der Waals surface area contributed by atoms with Crippen molar-refractivity contribution in [1.82, 2.24) is 20.1 Å². The Bertz CT molecular complexity index is 923. The minimum absolute atomic E-state index is 0.308. The molecule has 0 spiro atoms. The van der Waals surface area contributed by atoms with Gasteiger partial charge in [-0.1, -0.05) is 18.2 Å². The fraction of sp³-hybridized carbons (Fsp3) is 0.353. The largest absolute Gasteiger partial charge is 0.360 e. The summed E-state index contributed by atoms with van der Waals surface area (Å²) in [6, 6.07) is 7.56. The molecule has 3 heterocycles. The van der Waals surface area contributed by atoms with E-state index in [0.29, 0.717) is 17.7 Å². The number of hydrogen-bond donors (Lipinski definition) is 2. The van der Waals surface area contributed by atoms with Crippen LogP contribution in [-0.2, 0) is 16.4 Å². The minimum atomic E-state index is -3.31. The summed E-state index contributed by atoms with van der Waals surface area (Å²) in [6.45, 7) is 2.39. The number of aromatic amines is 2. The van der Waals surface area contributed by atoms with Crippen LogP contribution in [0.1, 0.15) is 18.4 Å². The maximum absolute atomic E-state index is 13.0. The number of fused-ring (bicyclic) bond motifs is 1. The van der Waals surface area contributed by atoms with Gasteiger partial charge in [-0.05, 0) is 32.0 Å². The first-order valence-electron chi connectivity index (χ1n) is 8.14. The van der Waals surface area contributed by atoms with Gasteiger partial charge < -0.3 is 4.98 Å². The van der Waals surface area contributed by atoms with Crippen molar-refractivity contribution in [2.45, 2.75) is 29.5 Å². The van der Waals surface area contributed by atoms with E-state index in [2.05, 4.69) is 20.1 Å². The quantitative estimate of drug-likeness (QED) is 0.761. The lowest BCUT2D eigenvalue weighted by Crippen LogP contribution is -2.38. The van der Waals surface area contributed by atoms with Gasteiger partial charge in [0, 0.05) is 35.4 Å². The van der Waals surface area contributed by atoms with Crippen LogP contribution in [0.25, 0.3) is 10.9 Å². The van der Waals surface area contributed by atoms with Crippen LogP contribution in [0.3, 0.4) is 0 Å². The van der Waals surface area contributed by atoms with E-state index in [4.69, 9.17) is 0 Å². The zero-order chi connectivity index (χ0) is 16.6. The molecule has 1 aromatic carbocycles. The predicted molar refractivity (Wildman–Crippen MR) is 92.4 cm³/mol. The lowest BCUT2D eigenvalue weighted by atomic mass is 10.1. The molecule has 6 nitrogen and oxygen atoms in total. The van der Waals surface area contributed by atoms with E-state index < -0.39 is 9.84 Å². The molecule has 0 unspecified atom stereocenters. The van der Waals surface area contributed by atoms with E-state index in [9.17, 15) is 8.42 Å². The van der Waals surface area contributed by atoms with Gasteiger partial charge in [0.1, 0.15) is 0 Å². The summed E-state index contributed by atoms with van der Waals surface area (Å²) < 4.78 is 26.1. The lowest BCUT2D eigenvalue weighted by Gasteiger charge is -2.31. The number of hydrogen-bond acceptors (Lipinski definition) is 4. The van der Waals surface area contributed by atoms with Crippen LogP contribution >= 0.6 is 0 Å². The van der Waals surface area contributed by atoms with Crippen LogP contribution in [0.5, 0.6) is 0 Å². The molecule has 2 aromatic heterocycles. The van der Waals surface area contributed by atoms with Gasteiger partial charge in [0.15, 0.2) is 9.84 Å². The van der Waals surface area contributed by atoms with E-state index in [1.165, 1.54) is 0 Å². The third-order valence-electron chi connectivity index (χ3n) is 4.79. The summed E-state index contributed by atoms with van der Waals surface area (Å²) in [4.78, 5) is 5.79. The van der Waals surface area contributed by atoms with Crippen molar-refractivity contribution in [3.05, 3.63) is 48.4 Å². The average Bonchev–Trinajstić information content (AvgIpc) is 3.24. The predicted octanol–water partition coefficient (Wildman–Crippen LogP) is 2.33. The fourth-order valence-corrected chi connectivity index (χ4v) is 5.36. The first kappa shape index (κ1) is 15.4. The maximum atomic E-state index is 13.0. The number of benzene rings is 1. The summed E-state index contributed by atoms with van der Waals surface area (Å²) in [7, 11) is -3.31. The number of aromatic nitrogens is 3. The second-order valence-corrected chi connectivity index (χ2v) is 8.52. The summed E-state index contributed by atoms with van der Waals surface area (Å²) in [5.41, 5.74) is 2.00. The fourth-order valence-electron chi connectivity index (χ4n) is 3.46. The minimum Gasteiger partial charge on any atom is -0.360 e. The second kappa shape index (κ2) is 6.07. The van der Waals surface area contributed by atoms with Crippen molar-refractivity contribution in [2.24, 2.45) is 0 Å². The summed E-state index contributed by atoms with van der Waals surface area (Å²) in [5.74, 6) is 0. The van der Waals surface area contributed by atoms with Crippen molar-refractivity contribution in [2.75, 3.05) is 13.1 Å². The van der Waals surface area contributed by atoms with Gasteiger partial charge in [-0.15, -0.1) is 0 Å². The highest BCUT2D eigenvalue weighted by Gasteiger charge is 2.32. The van der Waals surface area contributed by atoms with Crippen LogP contribution in [0.4, 0.5) is 0 Å². The number of likely N-dealkylation sites (tertiary alicyclic amines) is 1. The molecule has 0 aliphatic carbocycles. The van der Waals surface area contributed by atoms with Gasteiger partial charge in [-0.3, -0.25) is 10.00 Å². The molecular weight excluding hydrogens is 324 g/mol. The molecule has 126 valence electrons. The van der Waals surface area contributed by atoms with Gasteiger partial charge in [0.25, 0.3) is 0 Å². The number of H-pyrrole nitrogens is 2. The van der Waals surface area contributed by atoms with Crippen molar-refractivity contribution in [3.63, 3.8) is 0 Å². The maximum Gasteiger partial charge on any atom is 0.183 e. The third kappa shape index (κ3) is 2.74. The van der Waals surface area contributed by atoms with Crippen LogP contribution in [0.2, 0.25) is 0 Å². The smallest absolute Gasteiger partial charge is 0.183 e. The van der Waals surface area contributed by atoms with Gasteiger partial charge in [-0.2, -0.15) is 5.10 Å². The average molecular weight is 344 g/mol. The van der Waals surface area contributed by atoms with Gasteiger partial charge in [-0.25, -0.2) is 8.42 Å². The van der Waals surface area contributed by atoms with Gasteiger partial charge in [0.2, 0.25) is 0 Å². The summed E-state index contributed by atoms with van der Waals surface area (Å²) in [6.07, 6.45) is 6.67. The first-order chi connectivity index (χ1) is 11.6. The van der Waals surface area contributed by atoms with Crippen LogP contribution in [-0.4, -0.2) is 46.8 Å². The molecule has 0 saturated carbocycles. The Balaban J connectivity index is 1.50. The number of nitrogens with one attached hydrogen (secondary N) is 2. The molecule has 1 aliphatic rings. The van der Waals surface area contributed by atoms with E-state index >= 15 is 0 Å². The normalized spacial score (nSPS) is 17.5. The molecule has 2 N–H and O–H groups in total. The molecule has 1 aliphatic heterocycles. The number of sulfone groups is 1. The van der Waals surface area contributed by atoms with E-state index in [1.54, 1.807) is 6.20 Å². The van der Waals surface area contributed by atoms with Crippen LogP contribution < -0.4 is 0 Å².